The Kier molecular flexibility index (Phi) is 3.43. The highest BCUT2D eigenvalue weighted by molar-refractivity contribution is 5.17. The lowest BCUT2D eigenvalue weighted by Crippen LogP contribution is -2.18. The number of aliphatic hydroxyl groups is 1. The molecule has 2 aliphatic rings. The zero-order chi connectivity index (χ0) is 12.5. The quantitative estimate of drug-likeness (QED) is 0.842. The highest BCUT2D eigenvalue weighted by Crippen LogP contribution is 2.51. The van der Waals surface area contributed by atoms with Crippen LogP contribution in [0, 0.1) is 23.7 Å². The van der Waals surface area contributed by atoms with Crippen LogP contribution in [0.25, 0.3) is 0 Å². The molecule has 0 saturated heterocycles. The molecule has 18 heavy (non-hydrogen) atoms. The predicted molar refractivity (Wildman–Crippen MR) is 74.1 cm³/mol. The first-order valence-electron chi connectivity index (χ1n) is 7.47. The van der Waals surface area contributed by atoms with Crippen molar-refractivity contribution in [3.8, 4) is 0 Å². The number of hydrogen-bond acceptors (Lipinski definition) is 1. The van der Waals surface area contributed by atoms with Gasteiger partial charge in [0.2, 0.25) is 0 Å². The number of aliphatic hydroxyl groups excluding tert-OH is 1. The third-order valence-corrected chi connectivity index (χ3v) is 5.24. The maximum absolute atomic E-state index is 10.4. The third kappa shape index (κ3) is 2.33. The molecule has 5 unspecified atom stereocenters. The van der Waals surface area contributed by atoms with Gasteiger partial charge in [-0.1, -0.05) is 43.7 Å². The Bertz CT molecular complexity index is 386. The van der Waals surface area contributed by atoms with Gasteiger partial charge in [0.15, 0.2) is 0 Å². The van der Waals surface area contributed by atoms with E-state index in [-0.39, 0.29) is 6.10 Å². The zero-order valence-corrected chi connectivity index (χ0v) is 11.3. The third-order valence-electron chi connectivity index (χ3n) is 5.24. The molecule has 1 aromatic carbocycles. The van der Waals surface area contributed by atoms with Crippen molar-refractivity contribution in [2.24, 2.45) is 23.7 Å². The molecular formula is C17H24O. The topological polar surface area (TPSA) is 20.2 Å². The van der Waals surface area contributed by atoms with Crippen LogP contribution in [0.2, 0.25) is 0 Å². The summed E-state index contributed by atoms with van der Waals surface area (Å²) in [5.74, 6) is 3.26. The standard InChI is InChI=1S/C17H24O/c1-12(17(18)14-5-3-2-4-6-14)9-16-11-13-7-8-15(16)10-13/h2-6,12-13,15-18H,7-11H2,1H3. The summed E-state index contributed by atoms with van der Waals surface area (Å²) in [7, 11) is 0. The first kappa shape index (κ1) is 12.2. The summed E-state index contributed by atoms with van der Waals surface area (Å²) in [5.41, 5.74) is 1.08. The summed E-state index contributed by atoms with van der Waals surface area (Å²) in [4.78, 5) is 0. The zero-order valence-electron chi connectivity index (χ0n) is 11.3. The molecule has 1 aromatic rings. The Labute approximate surface area is 110 Å². The SMILES string of the molecule is CC(CC1CC2CCC1C2)C(O)c1ccccc1. The summed E-state index contributed by atoms with van der Waals surface area (Å²) < 4.78 is 0. The van der Waals surface area contributed by atoms with Crippen molar-refractivity contribution in [2.75, 3.05) is 0 Å². The van der Waals surface area contributed by atoms with Crippen LogP contribution in [0.1, 0.15) is 50.7 Å². The maximum Gasteiger partial charge on any atom is 0.0815 e. The minimum Gasteiger partial charge on any atom is -0.388 e. The fourth-order valence-electron chi connectivity index (χ4n) is 4.25. The smallest absolute Gasteiger partial charge is 0.0815 e. The van der Waals surface area contributed by atoms with Crippen molar-refractivity contribution in [3.05, 3.63) is 35.9 Å². The first-order valence-corrected chi connectivity index (χ1v) is 7.47. The largest absolute Gasteiger partial charge is 0.388 e. The van der Waals surface area contributed by atoms with Crippen molar-refractivity contribution in [3.63, 3.8) is 0 Å². The van der Waals surface area contributed by atoms with Crippen LogP contribution in [0.4, 0.5) is 0 Å². The van der Waals surface area contributed by atoms with E-state index in [4.69, 9.17) is 0 Å². The summed E-state index contributed by atoms with van der Waals surface area (Å²) in [6.45, 7) is 2.21. The highest BCUT2D eigenvalue weighted by atomic mass is 16.3. The molecule has 1 N–H and O–H groups in total. The molecule has 0 radical (unpaired) electrons. The minimum absolute atomic E-state index is 0.287. The number of hydrogen-bond donors (Lipinski definition) is 1. The molecule has 3 rings (SSSR count). The molecule has 0 heterocycles. The lowest BCUT2D eigenvalue weighted by atomic mass is 9.80. The van der Waals surface area contributed by atoms with E-state index in [0.29, 0.717) is 5.92 Å². The van der Waals surface area contributed by atoms with Gasteiger partial charge in [0.05, 0.1) is 6.10 Å². The molecule has 1 heteroatoms. The van der Waals surface area contributed by atoms with Gasteiger partial charge in [-0.15, -0.1) is 0 Å². The molecule has 0 aromatic heterocycles. The molecular weight excluding hydrogens is 220 g/mol. The van der Waals surface area contributed by atoms with E-state index in [1.54, 1.807) is 0 Å². The van der Waals surface area contributed by atoms with Gasteiger partial charge in [-0.25, -0.2) is 0 Å². The fourth-order valence-corrected chi connectivity index (χ4v) is 4.25. The summed E-state index contributed by atoms with van der Waals surface area (Å²) in [5, 5.41) is 10.4. The highest BCUT2D eigenvalue weighted by Gasteiger charge is 2.40. The summed E-state index contributed by atoms with van der Waals surface area (Å²) in [6.07, 6.45) is 6.73. The number of rotatable bonds is 4. The van der Waals surface area contributed by atoms with Crippen molar-refractivity contribution in [1.29, 1.82) is 0 Å². The lowest BCUT2D eigenvalue weighted by Gasteiger charge is -2.27. The summed E-state index contributed by atoms with van der Waals surface area (Å²) in [6, 6.07) is 10.1. The molecule has 2 bridgehead atoms. The molecule has 2 aliphatic carbocycles. The van der Waals surface area contributed by atoms with E-state index in [1.807, 2.05) is 30.3 Å². The van der Waals surface area contributed by atoms with Gasteiger partial charge in [-0.05, 0) is 54.9 Å². The summed E-state index contributed by atoms with van der Waals surface area (Å²) >= 11 is 0. The molecule has 0 spiro atoms. The Morgan fingerprint density at radius 1 is 1.17 bits per heavy atom. The van der Waals surface area contributed by atoms with Crippen LogP contribution < -0.4 is 0 Å². The monoisotopic (exact) mass is 244 g/mol. The van der Waals surface area contributed by atoms with Crippen molar-refractivity contribution >= 4 is 0 Å². The second-order valence-electron chi connectivity index (χ2n) is 6.50. The fraction of sp³-hybridized carbons (Fsp3) is 0.647. The first-order chi connectivity index (χ1) is 8.74. The van der Waals surface area contributed by atoms with Crippen LogP contribution in [0.5, 0.6) is 0 Å². The average molecular weight is 244 g/mol. The van der Waals surface area contributed by atoms with Crippen molar-refractivity contribution < 1.29 is 5.11 Å². The van der Waals surface area contributed by atoms with Crippen LogP contribution in [-0.4, -0.2) is 5.11 Å². The lowest BCUT2D eigenvalue weighted by molar-refractivity contribution is 0.0939. The van der Waals surface area contributed by atoms with E-state index in [0.717, 1.165) is 23.3 Å². The number of fused-ring (bicyclic) bond motifs is 2. The van der Waals surface area contributed by atoms with Crippen molar-refractivity contribution in [1.82, 2.24) is 0 Å². The van der Waals surface area contributed by atoms with Crippen LogP contribution in [0.3, 0.4) is 0 Å². The second kappa shape index (κ2) is 5.05. The Morgan fingerprint density at radius 3 is 2.56 bits per heavy atom. The average Bonchev–Trinajstić information content (AvgIpc) is 3.01. The molecule has 5 atom stereocenters. The van der Waals surface area contributed by atoms with E-state index in [1.165, 1.54) is 32.1 Å². The molecule has 2 fully saturated rings. The van der Waals surface area contributed by atoms with Crippen LogP contribution >= 0.6 is 0 Å². The molecule has 1 nitrogen and oxygen atoms in total. The van der Waals surface area contributed by atoms with Gasteiger partial charge >= 0.3 is 0 Å². The second-order valence-corrected chi connectivity index (χ2v) is 6.50. The van der Waals surface area contributed by atoms with Gasteiger partial charge in [0, 0.05) is 0 Å². The van der Waals surface area contributed by atoms with Gasteiger partial charge in [0.1, 0.15) is 0 Å². The molecule has 0 aliphatic heterocycles. The van der Waals surface area contributed by atoms with Gasteiger partial charge in [0.25, 0.3) is 0 Å². The normalized spacial score (nSPS) is 33.6. The van der Waals surface area contributed by atoms with Crippen LogP contribution in [-0.2, 0) is 0 Å². The van der Waals surface area contributed by atoms with Crippen molar-refractivity contribution in [2.45, 2.75) is 45.1 Å². The minimum atomic E-state index is -0.287. The van der Waals surface area contributed by atoms with E-state index in [9.17, 15) is 5.11 Å². The van der Waals surface area contributed by atoms with E-state index in [2.05, 4.69) is 6.92 Å². The van der Waals surface area contributed by atoms with Gasteiger partial charge < -0.3 is 5.11 Å². The predicted octanol–water partition coefficient (Wildman–Crippen LogP) is 4.18. The molecule has 0 amide bonds. The molecule has 98 valence electrons. The maximum atomic E-state index is 10.4. The Hall–Kier alpha value is -0.820. The van der Waals surface area contributed by atoms with Gasteiger partial charge in [-0.3, -0.25) is 0 Å². The van der Waals surface area contributed by atoms with E-state index >= 15 is 0 Å². The Balaban J connectivity index is 1.60. The number of benzene rings is 1. The van der Waals surface area contributed by atoms with E-state index < -0.39 is 0 Å². The Morgan fingerprint density at radius 2 is 1.94 bits per heavy atom. The van der Waals surface area contributed by atoms with Gasteiger partial charge in [-0.2, -0.15) is 0 Å². The van der Waals surface area contributed by atoms with Crippen LogP contribution in [0.15, 0.2) is 30.3 Å². The molecule has 2 saturated carbocycles.